The predicted molar refractivity (Wildman–Crippen MR) is 75.2 cm³/mol. The van der Waals surface area contributed by atoms with Crippen molar-refractivity contribution in [3.8, 4) is 0 Å². The molecule has 1 saturated heterocycles. The van der Waals surface area contributed by atoms with E-state index in [2.05, 4.69) is 0 Å². The molecule has 1 fully saturated rings. The molecule has 0 atom stereocenters. The average molecular weight is 302 g/mol. The van der Waals surface area contributed by atoms with E-state index in [4.69, 9.17) is 11.6 Å². The zero-order valence-electron chi connectivity index (χ0n) is 10.7. The highest BCUT2D eigenvalue weighted by Crippen LogP contribution is 2.20. The van der Waals surface area contributed by atoms with E-state index in [0.717, 1.165) is 0 Å². The Bertz CT molecular complexity index is 577. The summed E-state index contributed by atoms with van der Waals surface area (Å²) < 4.78 is 22.9. The summed E-state index contributed by atoms with van der Waals surface area (Å²) in [7, 11) is -3.01. The first-order chi connectivity index (χ1) is 8.88. The monoisotopic (exact) mass is 301 g/mol. The Kier molecular flexibility index (Phi) is 4.16. The molecule has 0 saturated carbocycles. The van der Waals surface area contributed by atoms with Gasteiger partial charge in [0.05, 0.1) is 5.25 Å². The third kappa shape index (κ3) is 3.48. The molecule has 0 radical (unpaired) electrons. The molecule has 0 spiro atoms. The number of sulfone groups is 1. The molecular weight excluding hydrogens is 286 g/mol. The number of nitrogens with zero attached hydrogens (tertiary/aromatic N) is 1. The maximum atomic E-state index is 12.2. The van der Waals surface area contributed by atoms with E-state index >= 15 is 0 Å². The lowest BCUT2D eigenvalue weighted by atomic mass is 10.1. The van der Waals surface area contributed by atoms with E-state index in [1.807, 2.05) is 0 Å². The molecule has 1 amide bonds. The summed E-state index contributed by atoms with van der Waals surface area (Å²) in [6.07, 6.45) is 2.27. The van der Waals surface area contributed by atoms with E-state index in [0.29, 0.717) is 36.5 Å². The van der Waals surface area contributed by atoms with Gasteiger partial charge in [-0.15, -0.1) is 0 Å². The highest BCUT2D eigenvalue weighted by molar-refractivity contribution is 7.91. The van der Waals surface area contributed by atoms with Crippen LogP contribution in [-0.2, 0) is 9.84 Å². The van der Waals surface area contributed by atoms with E-state index in [9.17, 15) is 13.2 Å². The Hall–Kier alpha value is -1.07. The van der Waals surface area contributed by atoms with Gasteiger partial charge in [0.2, 0.25) is 0 Å². The van der Waals surface area contributed by atoms with Crippen molar-refractivity contribution in [1.82, 2.24) is 4.90 Å². The van der Waals surface area contributed by atoms with Crippen LogP contribution >= 0.6 is 11.6 Å². The maximum absolute atomic E-state index is 12.2. The van der Waals surface area contributed by atoms with Crippen LogP contribution in [0.5, 0.6) is 0 Å². The number of hydrogen-bond donors (Lipinski definition) is 0. The van der Waals surface area contributed by atoms with Crippen molar-refractivity contribution in [2.75, 3.05) is 19.3 Å². The molecule has 1 aliphatic rings. The Labute approximate surface area is 118 Å². The van der Waals surface area contributed by atoms with Gasteiger partial charge in [0.25, 0.3) is 5.91 Å². The normalized spacial score (nSPS) is 17.5. The lowest BCUT2D eigenvalue weighted by molar-refractivity contribution is 0.0726. The number of amides is 1. The van der Waals surface area contributed by atoms with E-state index < -0.39 is 9.84 Å². The van der Waals surface area contributed by atoms with E-state index in [1.165, 1.54) is 6.26 Å². The average Bonchev–Trinajstić information content (AvgIpc) is 2.37. The van der Waals surface area contributed by atoms with Crippen LogP contribution in [0.25, 0.3) is 0 Å². The molecule has 4 nitrogen and oxygen atoms in total. The van der Waals surface area contributed by atoms with Crippen LogP contribution in [0.3, 0.4) is 0 Å². The summed E-state index contributed by atoms with van der Waals surface area (Å²) in [6.45, 7) is 0.951. The van der Waals surface area contributed by atoms with Crippen LogP contribution in [0.2, 0.25) is 5.02 Å². The van der Waals surface area contributed by atoms with Gasteiger partial charge in [-0.3, -0.25) is 4.79 Å². The van der Waals surface area contributed by atoms with Crippen molar-refractivity contribution in [2.45, 2.75) is 18.1 Å². The molecule has 1 aliphatic heterocycles. The molecule has 0 aromatic heterocycles. The first-order valence-corrected chi connectivity index (χ1v) is 8.45. The second-order valence-corrected chi connectivity index (χ2v) is 7.59. The summed E-state index contributed by atoms with van der Waals surface area (Å²) in [4.78, 5) is 13.9. The molecule has 19 heavy (non-hydrogen) atoms. The summed E-state index contributed by atoms with van der Waals surface area (Å²) in [5.74, 6) is -0.0885. The van der Waals surface area contributed by atoms with E-state index in [1.54, 1.807) is 29.2 Å². The zero-order chi connectivity index (χ0) is 14.0. The molecule has 0 aliphatic carbocycles. The number of halogens is 1. The number of likely N-dealkylation sites (tertiary alicyclic amines) is 1. The van der Waals surface area contributed by atoms with Gasteiger partial charge in [-0.2, -0.15) is 0 Å². The van der Waals surface area contributed by atoms with Crippen LogP contribution < -0.4 is 0 Å². The third-order valence-electron chi connectivity index (χ3n) is 3.41. The Morgan fingerprint density at radius 1 is 1.32 bits per heavy atom. The van der Waals surface area contributed by atoms with Crippen molar-refractivity contribution in [3.05, 3.63) is 34.9 Å². The van der Waals surface area contributed by atoms with Gasteiger partial charge >= 0.3 is 0 Å². The molecule has 0 bridgehead atoms. The highest BCUT2D eigenvalue weighted by atomic mass is 35.5. The third-order valence-corrected chi connectivity index (χ3v) is 5.32. The molecule has 0 N–H and O–H groups in total. The Morgan fingerprint density at radius 3 is 2.47 bits per heavy atom. The number of rotatable bonds is 2. The smallest absolute Gasteiger partial charge is 0.253 e. The minimum Gasteiger partial charge on any atom is -0.339 e. The number of hydrogen-bond acceptors (Lipinski definition) is 3. The molecular formula is C13H16ClNO3S. The van der Waals surface area contributed by atoms with E-state index in [-0.39, 0.29) is 11.2 Å². The molecule has 1 heterocycles. The van der Waals surface area contributed by atoms with Crippen molar-refractivity contribution in [1.29, 1.82) is 0 Å². The van der Waals surface area contributed by atoms with Crippen LogP contribution in [0.4, 0.5) is 0 Å². The first kappa shape index (κ1) is 14.3. The van der Waals surface area contributed by atoms with Crippen LogP contribution in [0, 0.1) is 0 Å². The summed E-state index contributed by atoms with van der Waals surface area (Å²) in [5, 5.41) is 0.202. The van der Waals surface area contributed by atoms with Crippen LogP contribution in [0.1, 0.15) is 23.2 Å². The van der Waals surface area contributed by atoms with Crippen molar-refractivity contribution < 1.29 is 13.2 Å². The highest BCUT2D eigenvalue weighted by Gasteiger charge is 2.29. The second-order valence-electron chi connectivity index (χ2n) is 4.83. The van der Waals surface area contributed by atoms with Crippen molar-refractivity contribution in [3.63, 3.8) is 0 Å². The molecule has 1 aromatic carbocycles. The van der Waals surface area contributed by atoms with Crippen LogP contribution in [-0.4, -0.2) is 43.8 Å². The topological polar surface area (TPSA) is 54.5 Å². The lowest BCUT2D eigenvalue weighted by Gasteiger charge is -2.31. The number of benzene rings is 1. The summed E-state index contributed by atoms with van der Waals surface area (Å²) >= 11 is 5.86. The maximum Gasteiger partial charge on any atom is 0.253 e. The number of piperidine rings is 1. The van der Waals surface area contributed by atoms with Gasteiger partial charge in [0.15, 0.2) is 0 Å². The first-order valence-electron chi connectivity index (χ1n) is 6.11. The quantitative estimate of drug-likeness (QED) is 0.839. The Balaban J connectivity index is 2.04. The molecule has 1 aromatic rings. The van der Waals surface area contributed by atoms with Gasteiger partial charge in [0, 0.05) is 29.9 Å². The largest absolute Gasteiger partial charge is 0.339 e. The van der Waals surface area contributed by atoms with Gasteiger partial charge < -0.3 is 4.90 Å². The van der Waals surface area contributed by atoms with Gasteiger partial charge in [0.1, 0.15) is 9.84 Å². The van der Waals surface area contributed by atoms with Crippen molar-refractivity contribution in [2.24, 2.45) is 0 Å². The fraction of sp³-hybridized carbons (Fsp3) is 0.462. The van der Waals surface area contributed by atoms with Gasteiger partial charge in [-0.1, -0.05) is 17.7 Å². The number of carbonyl (C=O) groups excluding carboxylic acids is 1. The SMILES string of the molecule is CS(=O)(=O)C1CCN(C(=O)c2cccc(Cl)c2)CC1. The minimum atomic E-state index is -3.01. The second kappa shape index (κ2) is 5.51. The number of carbonyl (C=O) groups is 1. The standard InChI is InChI=1S/C13H16ClNO3S/c1-19(17,18)12-5-7-15(8-6-12)13(16)10-3-2-4-11(14)9-10/h2-4,9,12H,5-8H2,1H3. The molecule has 104 valence electrons. The summed E-state index contributed by atoms with van der Waals surface area (Å²) in [5.41, 5.74) is 0.547. The fourth-order valence-corrected chi connectivity index (χ4v) is 3.55. The summed E-state index contributed by atoms with van der Waals surface area (Å²) in [6, 6.07) is 6.80. The Morgan fingerprint density at radius 2 is 1.95 bits per heavy atom. The minimum absolute atomic E-state index is 0.0885. The van der Waals surface area contributed by atoms with Gasteiger partial charge in [-0.05, 0) is 31.0 Å². The van der Waals surface area contributed by atoms with Crippen LogP contribution in [0.15, 0.2) is 24.3 Å². The predicted octanol–water partition coefficient (Wildman–Crippen LogP) is 1.99. The zero-order valence-corrected chi connectivity index (χ0v) is 12.2. The van der Waals surface area contributed by atoms with Crippen molar-refractivity contribution >= 4 is 27.3 Å². The van der Waals surface area contributed by atoms with Gasteiger partial charge in [-0.25, -0.2) is 8.42 Å². The fourth-order valence-electron chi connectivity index (χ4n) is 2.29. The lowest BCUT2D eigenvalue weighted by Crippen LogP contribution is -2.42. The molecule has 0 unspecified atom stereocenters. The molecule has 2 rings (SSSR count). The molecule has 6 heteroatoms.